The third kappa shape index (κ3) is 7.87. The van der Waals surface area contributed by atoms with Crippen LogP contribution in [0.25, 0.3) is 11.3 Å². The fourth-order valence-corrected chi connectivity index (χ4v) is 5.25. The summed E-state index contributed by atoms with van der Waals surface area (Å²) in [5.41, 5.74) is 7.18. The fraction of sp³-hybridized carbons (Fsp3) is 0.0333. The number of hydrogen-bond acceptors (Lipinski definition) is 6. The van der Waals surface area contributed by atoms with E-state index in [1.165, 1.54) is 17.6 Å². The number of carbonyl (C=O) groups is 1. The van der Waals surface area contributed by atoms with Crippen LogP contribution in [-0.2, 0) is 6.61 Å². The first-order valence-corrected chi connectivity index (χ1v) is 14.9. The largest absolute Gasteiger partial charge is 0.488 e. The molecule has 1 heterocycles. The van der Waals surface area contributed by atoms with E-state index in [-0.39, 0.29) is 12.5 Å². The molecule has 1 aromatic heterocycles. The van der Waals surface area contributed by atoms with Gasteiger partial charge in [0.25, 0.3) is 5.91 Å². The Bertz CT molecular complexity index is 1710. The number of hydrazone groups is 1. The highest BCUT2D eigenvalue weighted by Gasteiger charge is 2.09. The molecule has 5 rings (SSSR count). The summed E-state index contributed by atoms with van der Waals surface area (Å²) >= 11 is 23.0. The molecular weight excluding hydrogens is 667 g/mol. The van der Waals surface area contributed by atoms with E-state index in [0.29, 0.717) is 31.9 Å². The molecule has 0 saturated heterocycles. The number of thiazole rings is 1. The zero-order valence-electron chi connectivity index (χ0n) is 21.1. The van der Waals surface area contributed by atoms with Crippen molar-refractivity contribution in [1.82, 2.24) is 10.4 Å². The molecule has 0 radical (unpaired) electrons. The van der Waals surface area contributed by atoms with Crippen molar-refractivity contribution in [1.29, 1.82) is 0 Å². The van der Waals surface area contributed by atoms with Crippen molar-refractivity contribution in [3.8, 4) is 17.0 Å². The summed E-state index contributed by atoms with van der Waals surface area (Å²) in [5.74, 6) is 0.249. The van der Waals surface area contributed by atoms with Gasteiger partial charge in [-0.15, -0.1) is 11.3 Å². The number of ether oxygens (including phenoxy) is 1. The molecule has 5 aromatic rings. The summed E-state index contributed by atoms with van der Waals surface area (Å²) in [5, 5.41) is 11.7. The van der Waals surface area contributed by atoms with Crippen molar-refractivity contribution in [3.05, 3.63) is 127 Å². The van der Waals surface area contributed by atoms with Crippen LogP contribution in [0.2, 0.25) is 15.1 Å². The summed E-state index contributed by atoms with van der Waals surface area (Å²) in [6, 6.07) is 25.4. The van der Waals surface area contributed by atoms with Gasteiger partial charge in [-0.05, 0) is 72.3 Å². The van der Waals surface area contributed by atoms with Gasteiger partial charge in [0.2, 0.25) is 0 Å². The number of nitrogens with zero attached hydrogens (tertiary/aromatic N) is 2. The van der Waals surface area contributed by atoms with Gasteiger partial charge in [0, 0.05) is 37.3 Å². The molecule has 1 amide bonds. The minimum Gasteiger partial charge on any atom is -0.488 e. The van der Waals surface area contributed by atoms with Crippen molar-refractivity contribution in [2.75, 3.05) is 5.32 Å². The van der Waals surface area contributed by atoms with Crippen LogP contribution >= 0.6 is 62.1 Å². The van der Waals surface area contributed by atoms with E-state index in [4.69, 9.17) is 39.5 Å². The molecule has 4 aromatic carbocycles. The normalized spacial score (nSPS) is 11.0. The van der Waals surface area contributed by atoms with Crippen molar-refractivity contribution >= 4 is 85.0 Å². The average molecular weight is 687 g/mol. The van der Waals surface area contributed by atoms with Crippen LogP contribution in [0.3, 0.4) is 0 Å². The predicted octanol–water partition coefficient (Wildman–Crippen LogP) is 9.62. The topological polar surface area (TPSA) is 75.6 Å². The van der Waals surface area contributed by atoms with Crippen molar-refractivity contribution in [3.63, 3.8) is 0 Å². The molecule has 0 aliphatic rings. The standard InChI is InChI=1S/C30H20BrCl3N4O2S/c31-22-6-12-28(40-16-18-1-11-25(33)26(34)13-18)21(14-22)15-35-38-29(39)20-4-2-19(3-5-20)27-17-41-30(37-27)36-24-9-7-23(32)8-10-24/h1-15,17H,16H2,(H,36,37)(H,38,39)/b35-15-. The Morgan fingerprint density at radius 3 is 2.49 bits per heavy atom. The van der Waals surface area contributed by atoms with Crippen LogP contribution in [0.1, 0.15) is 21.5 Å². The number of nitrogens with one attached hydrogen (secondary N) is 2. The van der Waals surface area contributed by atoms with Crippen LogP contribution in [0, 0.1) is 0 Å². The van der Waals surface area contributed by atoms with Crippen LogP contribution in [0.4, 0.5) is 10.8 Å². The third-order valence-corrected chi connectivity index (χ3v) is 8.00. The van der Waals surface area contributed by atoms with E-state index in [1.54, 1.807) is 24.3 Å². The monoisotopic (exact) mass is 684 g/mol. The molecule has 0 saturated carbocycles. The Morgan fingerprint density at radius 1 is 0.951 bits per heavy atom. The van der Waals surface area contributed by atoms with E-state index in [2.05, 4.69) is 36.8 Å². The lowest BCUT2D eigenvalue weighted by atomic mass is 10.1. The van der Waals surface area contributed by atoms with E-state index < -0.39 is 0 Å². The van der Waals surface area contributed by atoms with Gasteiger partial charge >= 0.3 is 0 Å². The Kier molecular flexibility index (Phi) is 9.59. The zero-order chi connectivity index (χ0) is 28.8. The van der Waals surface area contributed by atoms with Gasteiger partial charge in [-0.3, -0.25) is 4.79 Å². The third-order valence-electron chi connectivity index (χ3n) is 5.76. The van der Waals surface area contributed by atoms with E-state index in [1.807, 2.05) is 66.0 Å². The number of halogens is 4. The summed E-state index contributed by atoms with van der Waals surface area (Å²) < 4.78 is 6.81. The summed E-state index contributed by atoms with van der Waals surface area (Å²) in [6.45, 7) is 0.287. The number of rotatable bonds is 9. The second-order valence-corrected chi connectivity index (χ2v) is 11.7. The quantitative estimate of drug-likeness (QED) is 0.120. The highest BCUT2D eigenvalue weighted by Crippen LogP contribution is 2.28. The molecule has 0 aliphatic carbocycles. The Hall–Kier alpha value is -3.40. The van der Waals surface area contributed by atoms with E-state index in [0.717, 1.165) is 32.1 Å². The van der Waals surface area contributed by atoms with Crippen LogP contribution in [0.5, 0.6) is 5.75 Å². The first kappa shape index (κ1) is 29.1. The molecule has 0 atom stereocenters. The number of amides is 1. The number of hydrogen-bond donors (Lipinski definition) is 2. The van der Waals surface area contributed by atoms with E-state index in [9.17, 15) is 4.79 Å². The smallest absolute Gasteiger partial charge is 0.271 e. The lowest BCUT2D eigenvalue weighted by Crippen LogP contribution is -2.17. The molecule has 11 heteroatoms. The first-order chi connectivity index (χ1) is 19.8. The minimum absolute atomic E-state index is 0.287. The lowest BCUT2D eigenvalue weighted by Gasteiger charge is -2.10. The Balaban J connectivity index is 1.20. The van der Waals surface area contributed by atoms with Gasteiger partial charge < -0.3 is 10.1 Å². The molecule has 6 nitrogen and oxygen atoms in total. The van der Waals surface area contributed by atoms with Gasteiger partial charge in [0.05, 0.1) is 22.0 Å². The van der Waals surface area contributed by atoms with Gasteiger partial charge in [0.15, 0.2) is 5.13 Å². The summed E-state index contributed by atoms with van der Waals surface area (Å²) in [7, 11) is 0. The Morgan fingerprint density at radius 2 is 1.73 bits per heavy atom. The van der Waals surface area contributed by atoms with Gasteiger partial charge in [0.1, 0.15) is 12.4 Å². The first-order valence-electron chi connectivity index (χ1n) is 12.1. The molecule has 0 aliphatic heterocycles. The highest BCUT2D eigenvalue weighted by molar-refractivity contribution is 9.10. The van der Waals surface area contributed by atoms with Crippen molar-refractivity contribution in [2.24, 2.45) is 5.10 Å². The molecule has 0 bridgehead atoms. The second-order valence-electron chi connectivity index (χ2n) is 8.67. The maximum Gasteiger partial charge on any atom is 0.271 e. The molecule has 206 valence electrons. The Labute approximate surface area is 264 Å². The predicted molar refractivity (Wildman–Crippen MR) is 172 cm³/mol. The summed E-state index contributed by atoms with van der Waals surface area (Å²) in [6.07, 6.45) is 1.53. The molecule has 41 heavy (non-hydrogen) atoms. The van der Waals surface area contributed by atoms with Gasteiger partial charge in [-0.2, -0.15) is 5.10 Å². The number of benzene rings is 4. The maximum atomic E-state index is 12.7. The van der Waals surface area contributed by atoms with Crippen LogP contribution < -0.4 is 15.5 Å². The zero-order valence-corrected chi connectivity index (χ0v) is 25.7. The molecular formula is C30H20BrCl3N4O2S. The van der Waals surface area contributed by atoms with Gasteiger partial charge in [-0.1, -0.05) is 68.9 Å². The number of aromatic nitrogens is 1. The van der Waals surface area contributed by atoms with Gasteiger partial charge in [-0.25, -0.2) is 10.4 Å². The molecule has 2 N–H and O–H groups in total. The highest BCUT2D eigenvalue weighted by atomic mass is 79.9. The van der Waals surface area contributed by atoms with Crippen molar-refractivity contribution in [2.45, 2.75) is 6.61 Å². The maximum absolute atomic E-state index is 12.7. The van der Waals surface area contributed by atoms with E-state index >= 15 is 0 Å². The fourth-order valence-electron chi connectivity index (χ4n) is 3.68. The molecule has 0 unspecified atom stereocenters. The second kappa shape index (κ2) is 13.5. The van der Waals surface area contributed by atoms with Crippen LogP contribution in [0.15, 0.2) is 99.9 Å². The van der Waals surface area contributed by atoms with Crippen LogP contribution in [-0.4, -0.2) is 17.1 Å². The SMILES string of the molecule is O=C(N/N=C\c1cc(Br)ccc1OCc1ccc(Cl)c(Cl)c1)c1ccc(-c2csc(Nc3ccc(Cl)cc3)n2)cc1. The number of anilines is 2. The minimum atomic E-state index is -0.343. The summed E-state index contributed by atoms with van der Waals surface area (Å²) in [4.78, 5) is 17.4. The molecule has 0 spiro atoms. The molecule has 0 fully saturated rings. The number of carbonyl (C=O) groups excluding carboxylic acids is 1. The van der Waals surface area contributed by atoms with Crippen molar-refractivity contribution < 1.29 is 9.53 Å². The lowest BCUT2D eigenvalue weighted by molar-refractivity contribution is 0.0955. The average Bonchev–Trinajstić information content (AvgIpc) is 3.44.